The first-order valence-corrected chi connectivity index (χ1v) is 8.51. The normalized spacial score (nSPS) is 10.6. The molecular formula is C17H23ClN4O3. The zero-order valence-electron chi connectivity index (χ0n) is 14.7. The average molecular weight is 367 g/mol. The van der Waals surface area contributed by atoms with E-state index in [2.05, 4.69) is 20.3 Å². The summed E-state index contributed by atoms with van der Waals surface area (Å²) in [7, 11) is 3.26. The number of ether oxygens (including phenoxy) is 3. The third-order valence-corrected chi connectivity index (χ3v) is 3.65. The molecule has 0 saturated carbocycles. The van der Waals surface area contributed by atoms with Crippen LogP contribution in [-0.2, 0) is 11.2 Å². The molecule has 7 nitrogen and oxygen atoms in total. The number of hydrogen-bond acceptors (Lipinski definition) is 7. The number of nitrogens with one attached hydrogen (secondary N) is 1. The van der Waals surface area contributed by atoms with Crippen molar-refractivity contribution >= 4 is 23.2 Å². The fourth-order valence-electron chi connectivity index (χ4n) is 2.06. The van der Waals surface area contributed by atoms with Gasteiger partial charge in [-0.1, -0.05) is 18.5 Å². The topological polar surface area (TPSA) is 78.4 Å². The molecule has 0 saturated heterocycles. The van der Waals surface area contributed by atoms with Crippen LogP contribution in [0.2, 0.25) is 5.02 Å². The zero-order valence-corrected chi connectivity index (χ0v) is 15.5. The summed E-state index contributed by atoms with van der Waals surface area (Å²) in [6.07, 6.45) is 2.48. The fraction of sp³-hybridized carbons (Fsp3) is 0.471. The van der Waals surface area contributed by atoms with Crippen molar-refractivity contribution < 1.29 is 14.2 Å². The molecule has 2 aromatic rings. The van der Waals surface area contributed by atoms with Gasteiger partial charge < -0.3 is 19.5 Å². The number of methoxy groups -OCH3 is 2. The molecule has 0 fully saturated rings. The van der Waals surface area contributed by atoms with E-state index in [0.717, 1.165) is 18.5 Å². The van der Waals surface area contributed by atoms with Crippen LogP contribution < -0.4 is 14.8 Å². The van der Waals surface area contributed by atoms with E-state index in [9.17, 15) is 0 Å². The average Bonchev–Trinajstić information content (AvgIpc) is 2.61. The molecule has 0 unspecified atom stereocenters. The minimum absolute atomic E-state index is 0.311. The van der Waals surface area contributed by atoms with Crippen molar-refractivity contribution in [1.82, 2.24) is 15.0 Å². The third kappa shape index (κ3) is 6.03. The molecule has 1 aromatic carbocycles. The zero-order chi connectivity index (χ0) is 18.1. The number of hydrogen-bond donors (Lipinski definition) is 1. The molecule has 1 aromatic heterocycles. The number of benzene rings is 1. The van der Waals surface area contributed by atoms with Crippen molar-refractivity contribution in [2.24, 2.45) is 0 Å². The van der Waals surface area contributed by atoms with E-state index in [0.29, 0.717) is 48.2 Å². The number of aromatic nitrogens is 3. The van der Waals surface area contributed by atoms with Crippen molar-refractivity contribution in [2.45, 2.75) is 26.2 Å². The van der Waals surface area contributed by atoms with Gasteiger partial charge in [-0.05, 0) is 31.0 Å². The highest BCUT2D eigenvalue weighted by atomic mass is 35.5. The Hall–Kier alpha value is -2.12. The molecule has 2 rings (SSSR count). The molecule has 0 atom stereocenters. The lowest BCUT2D eigenvalue weighted by Gasteiger charge is -2.10. The second-order valence-corrected chi connectivity index (χ2v) is 5.64. The van der Waals surface area contributed by atoms with Crippen LogP contribution in [-0.4, -0.2) is 42.4 Å². The minimum atomic E-state index is 0.311. The summed E-state index contributed by atoms with van der Waals surface area (Å²) in [5, 5.41) is 3.63. The molecule has 136 valence electrons. The molecule has 0 aliphatic rings. The number of rotatable bonds is 10. The predicted octanol–water partition coefficient (Wildman–Crippen LogP) is 3.65. The lowest BCUT2D eigenvalue weighted by molar-refractivity contribution is 0.182. The maximum Gasteiger partial charge on any atom is 0.321 e. The van der Waals surface area contributed by atoms with Crippen molar-refractivity contribution in [1.29, 1.82) is 0 Å². The van der Waals surface area contributed by atoms with E-state index in [4.69, 9.17) is 25.8 Å². The summed E-state index contributed by atoms with van der Waals surface area (Å²) in [6.45, 7) is 3.22. The van der Waals surface area contributed by atoms with E-state index in [1.165, 1.54) is 0 Å². The Morgan fingerprint density at radius 2 is 1.88 bits per heavy atom. The van der Waals surface area contributed by atoms with Crippen molar-refractivity contribution in [3.8, 4) is 11.8 Å². The number of anilines is 2. The minimum Gasteiger partial charge on any atom is -0.495 e. The van der Waals surface area contributed by atoms with Gasteiger partial charge in [-0.2, -0.15) is 15.0 Å². The van der Waals surface area contributed by atoms with Gasteiger partial charge in [0.05, 0.1) is 18.7 Å². The van der Waals surface area contributed by atoms with Gasteiger partial charge in [0, 0.05) is 25.8 Å². The van der Waals surface area contributed by atoms with Gasteiger partial charge in [-0.15, -0.1) is 0 Å². The highest BCUT2D eigenvalue weighted by Crippen LogP contribution is 2.28. The Labute approximate surface area is 152 Å². The van der Waals surface area contributed by atoms with Crippen LogP contribution in [0.15, 0.2) is 18.2 Å². The Morgan fingerprint density at radius 1 is 1.08 bits per heavy atom. The van der Waals surface area contributed by atoms with Crippen LogP contribution in [0.25, 0.3) is 0 Å². The third-order valence-electron chi connectivity index (χ3n) is 3.36. The highest BCUT2D eigenvalue weighted by Gasteiger charge is 2.08. The van der Waals surface area contributed by atoms with Gasteiger partial charge in [0.2, 0.25) is 5.95 Å². The predicted molar refractivity (Wildman–Crippen MR) is 97.1 cm³/mol. The Morgan fingerprint density at radius 3 is 2.56 bits per heavy atom. The smallest absolute Gasteiger partial charge is 0.321 e. The second kappa shape index (κ2) is 10.0. The summed E-state index contributed by atoms with van der Waals surface area (Å²) in [4.78, 5) is 13.0. The van der Waals surface area contributed by atoms with Gasteiger partial charge in [-0.3, -0.25) is 0 Å². The molecule has 0 amide bonds. The van der Waals surface area contributed by atoms with E-state index < -0.39 is 0 Å². The van der Waals surface area contributed by atoms with E-state index >= 15 is 0 Å². The van der Waals surface area contributed by atoms with Crippen LogP contribution >= 0.6 is 11.6 Å². The van der Waals surface area contributed by atoms with Gasteiger partial charge in [0.15, 0.2) is 0 Å². The highest BCUT2D eigenvalue weighted by molar-refractivity contribution is 6.32. The van der Waals surface area contributed by atoms with Gasteiger partial charge in [-0.25, -0.2) is 0 Å². The molecule has 1 N–H and O–H groups in total. The van der Waals surface area contributed by atoms with Gasteiger partial charge in [0.1, 0.15) is 11.6 Å². The number of unbranched alkanes of at least 4 members (excludes halogenated alkanes) is 1. The van der Waals surface area contributed by atoms with Gasteiger partial charge >= 0.3 is 6.01 Å². The standard InChI is InChI=1S/C17H23ClN4O3/c1-4-15-20-16(19-12-7-8-14(24-3)13(18)11-12)22-17(21-15)25-10-6-5-9-23-2/h7-8,11H,4-6,9-10H2,1-3H3,(H,19,20,21,22). The summed E-state index contributed by atoms with van der Waals surface area (Å²) >= 11 is 6.14. The maximum absolute atomic E-state index is 6.14. The maximum atomic E-state index is 6.14. The van der Waals surface area contributed by atoms with Crippen LogP contribution in [0.4, 0.5) is 11.6 Å². The quantitative estimate of drug-likeness (QED) is 0.643. The van der Waals surface area contributed by atoms with E-state index in [1.807, 2.05) is 13.0 Å². The Bertz CT molecular complexity index is 685. The molecule has 0 bridgehead atoms. The van der Waals surface area contributed by atoms with E-state index in [1.54, 1.807) is 26.4 Å². The summed E-state index contributed by atoms with van der Waals surface area (Å²) < 4.78 is 15.8. The molecule has 0 spiro atoms. The molecule has 0 aliphatic heterocycles. The van der Waals surface area contributed by atoms with Crippen LogP contribution in [0, 0.1) is 0 Å². The first-order chi connectivity index (χ1) is 12.2. The van der Waals surface area contributed by atoms with Crippen LogP contribution in [0.5, 0.6) is 11.8 Å². The Balaban J connectivity index is 2.06. The number of halogens is 1. The lowest BCUT2D eigenvalue weighted by Crippen LogP contribution is -2.08. The fourth-order valence-corrected chi connectivity index (χ4v) is 2.32. The molecule has 25 heavy (non-hydrogen) atoms. The second-order valence-electron chi connectivity index (χ2n) is 5.23. The Kier molecular flexibility index (Phi) is 7.69. The van der Waals surface area contributed by atoms with Crippen molar-refractivity contribution in [3.63, 3.8) is 0 Å². The lowest BCUT2D eigenvalue weighted by atomic mass is 10.3. The summed E-state index contributed by atoms with van der Waals surface area (Å²) in [6, 6.07) is 5.68. The van der Waals surface area contributed by atoms with Crippen LogP contribution in [0.3, 0.4) is 0 Å². The molecule has 0 radical (unpaired) electrons. The first kappa shape index (κ1) is 19.2. The monoisotopic (exact) mass is 366 g/mol. The first-order valence-electron chi connectivity index (χ1n) is 8.13. The molecular weight excluding hydrogens is 344 g/mol. The summed E-state index contributed by atoms with van der Waals surface area (Å²) in [5.41, 5.74) is 0.755. The number of aryl methyl sites for hydroxylation is 1. The number of nitrogens with zero attached hydrogens (tertiary/aromatic N) is 3. The SMILES string of the molecule is CCc1nc(Nc2ccc(OC)c(Cl)c2)nc(OCCCCOC)n1. The summed E-state index contributed by atoms with van der Waals surface area (Å²) in [5.74, 6) is 1.68. The molecule has 8 heteroatoms. The van der Waals surface area contributed by atoms with E-state index in [-0.39, 0.29) is 0 Å². The van der Waals surface area contributed by atoms with Crippen molar-refractivity contribution in [3.05, 3.63) is 29.0 Å². The molecule has 1 heterocycles. The largest absolute Gasteiger partial charge is 0.495 e. The van der Waals surface area contributed by atoms with Gasteiger partial charge in [0.25, 0.3) is 0 Å². The van der Waals surface area contributed by atoms with Crippen molar-refractivity contribution in [2.75, 3.05) is 32.8 Å². The van der Waals surface area contributed by atoms with Crippen LogP contribution in [0.1, 0.15) is 25.6 Å². The molecule has 0 aliphatic carbocycles.